The first-order valence-corrected chi connectivity index (χ1v) is 7.70. The molecule has 0 radical (unpaired) electrons. The molecule has 0 saturated heterocycles. The molecule has 1 fully saturated rings. The lowest BCUT2D eigenvalue weighted by molar-refractivity contribution is -0.118. The highest BCUT2D eigenvalue weighted by molar-refractivity contribution is 6.01. The maximum Gasteiger partial charge on any atom is 0.262 e. The molecule has 1 aromatic rings. The largest absolute Gasteiger partial charge is 0.497 e. The molecule has 4 heteroatoms. The Hall–Kier alpha value is -2.28. The molecule has 1 N–H and O–H groups in total. The number of carbonyl (C=O) groups is 1. The number of hydrogen-bond donors (Lipinski definition) is 1. The topological polar surface area (TPSA) is 62.1 Å². The smallest absolute Gasteiger partial charge is 0.262 e. The van der Waals surface area contributed by atoms with Gasteiger partial charge in [-0.15, -0.1) is 0 Å². The van der Waals surface area contributed by atoms with Crippen LogP contribution in [-0.4, -0.2) is 19.1 Å². The molecule has 22 heavy (non-hydrogen) atoms. The van der Waals surface area contributed by atoms with Crippen LogP contribution in [0.1, 0.15) is 38.2 Å². The van der Waals surface area contributed by atoms with Crippen LogP contribution in [0.15, 0.2) is 29.8 Å². The van der Waals surface area contributed by atoms with Crippen LogP contribution < -0.4 is 10.1 Å². The number of nitriles is 1. The van der Waals surface area contributed by atoms with E-state index in [1.54, 1.807) is 13.2 Å². The zero-order valence-electron chi connectivity index (χ0n) is 13.1. The fraction of sp³-hybridized carbons (Fsp3) is 0.444. The van der Waals surface area contributed by atoms with Crippen molar-refractivity contribution in [2.45, 2.75) is 38.6 Å². The summed E-state index contributed by atoms with van der Waals surface area (Å²) in [4.78, 5) is 12.3. The molecule has 1 aliphatic rings. The number of nitrogens with zero attached hydrogens (tertiary/aromatic N) is 1. The van der Waals surface area contributed by atoms with Crippen molar-refractivity contribution in [3.63, 3.8) is 0 Å². The third-order valence-corrected chi connectivity index (χ3v) is 4.22. The number of nitrogens with one attached hydrogen (secondary N) is 1. The first kappa shape index (κ1) is 16.1. The molecule has 0 aliphatic heterocycles. The Balaban J connectivity index is 2.07. The molecule has 0 bridgehead atoms. The van der Waals surface area contributed by atoms with Gasteiger partial charge in [-0.25, -0.2) is 0 Å². The van der Waals surface area contributed by atoms with E-state index in [9.17, 15) is 10.1 Å². The third-order valence-electron chi connectivity index (χ3n) is 4.22. The Labute approximate surface area is 131 Å². The summed E-state index contributed by atoms with van der Waals surface area (Å²) in [6.07, 6.45) is 6.10. The predicted octanol–water partition coefficient (Wildman–Crippen LogP) is 3.30. The minimum absolute atomic E-state index is 0.142. The number of ether oxygens (including phenoxy) is 1. The highest BCUT2D eigenvalue weighted by atomic mass is 16.5. The molecule has 0 unspecified atom stereocenters. The zero-order chi connectivity index (χ0) is 15.9. The average Bonchev–Trinajstić information content (AvgIpc) is 2.55. The third kappa shape index (κ3) is 4.11. The van der Waals surface area contributed by atoms with Crippen molar-refractivity contribution in [3.8, 4) is 11.8 Å². The lowest BCUT2D eigenvalue weighted by Gasteiger charge is -2.29. The van der Waals surface area contributed by atoms with E-state index in [-0.39, 0.29) is 17.5 Å². The summed E-state index contributed by atoms with van der Waals surface area (Å²) in [7, 11) is 1.60. The minimum Gasteiger partial charge on any atom is -0.497 e. The molecular weight excluding hydrogens is 276 g/mol. The summed E-state index contributed by atoms with van der Waals surface area (Å²) < 4.78 is 5.10. The number of hydrogen-bond acceptors (Lipinski definition) is 3. The Bertz CT molecular complexity index is 584. The van der Waals surface area contributed by atoms with E-state index in [0.717, 1.165) is 30.6 Å². The molecule has 0 heterocycles. The maximum atomic E-state index is 12.3. The van der Waals surface area contributed by atoms with Crippen LogP contribution in [0.2, 0.25) is 0 Å². The van der Waals surface area contributed by atoms with Gasteiger partial charge in [0.2, 0.25) is 0 Å². The summed E-state index contributed by atoms with van der Waals surface area (Å²) in [5.74, 6) is 0.937. The van der Waals surface area contributed by atoms with Crippen molar-refractivity contribution in [2.24, 2.45) is 5.92 Å². The van der Waals surface area contributed by atoms with Crippen molar-refractivity contribution in [1.82, 2.24) is 5.32 Å². The molecule has 2 atom stereocenters. The van der Waals surface area contributed by atoms with E-state index in [2.05, 4.69) is 12.2 Å². The first-order chi connectivity index (χ1) is 10.6. The molecule has 0 spiro atoms. The predicted molar refractivity (Wildman–Crippen MR) is 86.1 cm³/mol. The van der Waals surface area contributed by atoms with Crippen molar-refractivity contribution in [1.29, 1.82) is 5.26 Å². The van der Waals surface area contributed by atoms with Crippen LogP contribution in [0, 0.1) is 17.2 Å². The fourth-order valence-electron chi connectivity index (χ4n) is 2.79. The van der Waals surface area contributed by atoms with Crippen LogP contribution in [-0.2, 0) is 4.79 Å². The fourth-order valence-corrected chi connectivity index (χ4v) is 2.79. The van der Waals surface area contributed by atoms with Gasteiger partial charge in [-0.05, 0) is 42.5 Å². The second kappa shape index (κ2) is 7.65. The Morgan fingerprint density at radius 2 is 2.00 bits per heavy atom. The number of methoxy groups -OCH3 is 1. The minimum atomic E-state index is -0.280. The summed E-state index contributed by atoms with van der Waals surface area (Å²) in [5.41, 5.74) is 0.951. The van der Waals surface area contributed by atoms with Crippen molar-refractivity contribution < 1.29 is 9.53 Å². The zero-order valence-corrected chi connectivity index (χ0v) is 13.1. The van der Waals surface area contributed by atoms with Gasteiger partial charge in [0.1, 0.15) is 17.4 Å². The van der Waals surface area contributed by atoms with Gasteiger partial charge in [0.05, 0.1) is 7.11 Å². The molecule has 1 aliphatic carbocycles. The number of amides is 1. The monoisotopic (exact) mass is 298 g/mol. The number of benzene rings is 1. The van der Waals surface area contributed by atoms with E-state index < -0.39 is 0 Å². The summed E-state index contributed by atoms with van der Waals surface area (Å²) in [5, 5.41) is 12.3. The molecule has 116 valence electrons. The van der Waals surface area contributed by atoms with E-state index in [1.807, 2.05) is 30.3 Å². The van der Waals surface area contributed by atoms with Crippen LogP contribution in [0.25, 0.3) is 6.08 Å². The van der Waals surface area contributed by atoms with Gasteiger partial charge in [-0.3, -0.25) is 4.79 Å². The molecule has 2 rings (SSSR count). The van der Waals surface area contributed by atoms with E-state index in [0.29, 0.717) is 5.92 Å². The normalized spacial score (nSPS) is 21.8. The lowest BCUT2D eigenvalue weighted by atomic mass is 9.86. The molecular formula is C18H22N2O2. The summed E-state index contributed by atoms with van der Waals surface area (Å²) >= 11 is 0. The standard InChI is InChI=1S/C18H22N2O2/c1-13-5-3-4-6-17(13)20-18(21)15(12-19)11-14-7-9-16(22-2)10-8-14/h7-11,13,17H,3-6H2,1-2H3,(H,20,21)/b15-11+/t13-,17+/m0/s1. The highest BCUT2D eigenvalue weighted by Gasteiger charge is 2.23. The van der Waals surface area contributed by atoms with Crippen LogP contribution in [0.4, 0.5) is 0 Å². The number of rotatable bonds is 4. The van der Waals surface area contributed by atoms with Crippen molar-refractivity contribution in [2.75, 3.05) is 7.11 Å². The quantitative estimate of drug-likeness (QED) is 0.685. The molecule has 0 aromatic heterocycles. The Kier molecular flexibility index (Phi) is 5.60. The highest BCUT2D eigenvalue weighted by Crippen LogP contribution is 2.24. The van der Waals surface area contributed by atoms with Gasteiger partial charge in [0.25, 0.3) is 5.91 Å². The van der Waals surface area contributed by atoms with Gasteiger partial charge in [-0.2, -0.15) is 5.26 Å². The van der Waals surface area contributed by atoms with Crippen molar-refractivity contribution >= 4 is 12.0 Å². The van der Waals surface area contributed by atoms with Crippen LogP contribution in [0.5, 0.6) is 5.75 Å². The molecule has 1 saturated carbocycles. The van der Waals surface area contributed by atoms with Gasteiger partial charge < -0.3 is 10.1 Å². The van der Waals surface area contributed by atoms with Crippen LogP contribution >= 0.6 is 0 Å². The second-order valence-electron chi connectivity index (χ2n) is 5.78. The second-order valence-corrected chi connectivity index (χ2v) is 5.78. The maximum absolute atomic E-state index is 12.3. The lowest BCUT2D eigenvalue weighted by Crippen LogP contribution is -2.41. The summed E-state index contributed by atoms with van der Waals surface area (Å²) in [6, 6.07) is 9.44. The Morgan fingerprint density at radius 3 is 2.59 bits per heavy atom. The molecule has 1 amide bonds. The SMILES string of the molecule is COc1ccc(/C=C(\C#N)C(=O)N[C@@H]2CCCC[C@@H]2C)cc1. The number of carbonyl (C=O) groups excluding carboxylic acids is 1. The van der Waals surface area contributed by atoms with Gasteiger partial charge >= 0.3 is 0 Å². The van der Waals surface area contributed by atoms with E-state index >= 15 is 0 Å². The van der Waals surface area contributed by atoms with Crippen molar-refractivity contribution in [3.05, 3.63) is 35.4 Å². The summed E-state index contributed by atoms with van der Waals surface area (Å²) in [6.45, 7) is 2.16. The molecule has 4 nitrogen and oxygen atoms in total. The Morgan fingerprint density at radius 1 is 1.32 bits per heavy atom. The van der Waals surface area contributed by atoms with Crippen LogP contribution in [0.3, 0.4) is 0 Å². The van der Waals surface area contributed by atoms with Gasteiger partial charge in [-0.1, -0.05) is 31.9 Å². The van der Waals surface area contributed by atoms with Gasteiger partial charge in [0, 0.05) is 6.04 Å². The molecule has 1 aromatic carbocycles. The van der Waals surface area contributed by atoms with E-state index in [1.165, 1.54) is 6.42 Å². The van der Waals surface area contributed by atoms with Gasteiger partial charge in [0.15, 0.2) is 0 Å². The van der Waals surface area contributed by atoms with E-state index in [4.69, 9.17) is 4.74 Å². The average molecular weight is 298 g/mol. The first-order valence-electron chi connectivity index (χ1n) is 7.70.